The number of nitrogens with one attached hydrogen (secondary N) is 2. The minimum absolute atomic E-state index is 0.0242. The highest BCUT2D eigenvalue weighted by Crippen LogP contribution is 2.37. The van der Waals surface area contributed by atoms with Gasteiger partial charge in [0.05, 0.1) is 11.1 Å². The van der Waals surface area contributed by atoms with E-state index in [2.05, 4.69) is 10.6 Å². The predicted molar refractivity (Wildman–Crippen MR) is 102 cm³/mol. The lowest BCUT2D eigenvalue weighted by Crippen LogP contribution is -2.15. The topological polar surface area (TPSA) is 64.9 Å². The average Bonchev–Trinajstić information content (AvgIpc) is 2.62. The molecule has 0 saturated heterocycles. The van der Waals surface area contributed by atoms with E-state index in [0.717, 1.165) is 9.77 Å². The van der Waals surface area contributed by atoms with E-state index < -0.39 is 40.6 Å². The number of amides is 1. The highest BCUT2D eigenvalue weighted by Gasteiger charge is 2.36. The molecule has 2 aromatic rings. The van der Waals surface area contributed by atoms with Crippen molar-refractivity contribution >= 4 is 39.9 Å². The molecule has 0 aliphatic heterocycles. The van der Waals surface area contributed by atoms with Gasteiger partial charge in [0.15, 0.2) is 0 Å². The van der Waals surface area contributed by atoms with Crippen molar-refractivity contribution in [2.75, 3.05) is 10.6 Å². The van der Waals surface area contributed by atoms with Crippen molar-refractivity contribution in [1.29, 1.82) is 5.26 Å². The Morgan fingerprint density at radius 1 is 0.931 bits per heavy atom. The van der Waals surface area contributed by atoms with Gasteiger partial charge in [0.1, 0.15) is 11.6 Å². The third-order valence-electron chi connectivity index (χ3n) is 3.44. The predicted octanol–water partition coefficient (Wildman–Crippen LogP) is 5.79. The number of carbonyl (C=O) groups is 1. The monoisotopic (exact) mass is 525 g/mol. The first-order valence-electron chi connectivity index (χ1n) is 7.63. The van der Waals surface area contributed by atoms with Crippen molar-refractivity contribution in [3.63, 3.8) is 0 Å². The SMILES string of the molecule is N#CC(=CNc1cc(C(F)(F)F)cc(C(F)(F)F)c1)C(=O)Nc1ccc(I)cc1. The molecule has 0 aromatic heterocycles. The summed E-state index contributed by atoms with van der Waals surface area (Å²) in [5.74, 6) is -0.885. The minimum Gasteiger partial charge on any atom is -0.360 e. The second-order valence-electron chi connectivity index (χ2n) is 5.57. The van der Waals surface area contributed by atoms with Crippen molar-refractivity contribution in [3.8, 4) is 6.07 Å². The standard InChI is InChI=1S/C18H10F6IN3O/c19-17(20,21)11-5-12(18(22,23)24)7-15(6-11)27-9-10(8-26)16(29)28-14-3-1-13(25)2-4-14/h1-7,9,27H,(H,28,29). The zero-order valence-electron chi connectivity index (χ0n) is 14.1. The van der Waals surface area contributed by atoms with Crippen LogP contribution >= 0.6 is 22.6 Å². The number of nitriles is 1. The highest BCUT2D eigenvalue weighted by molar-refractivity contribution is 14.1. The molecule has 0 spiro atoms. The lowest BCUT2D eigenvalue weighted by molar-refractivity contribution is -0.143. The Hall–Kier alpha value is -2.75. The van der Waals surface area contributed by atoms with E-state index in [0.29, 0.717) is 17.8 Å². The van der Waals surface area contributed by atoms with Gasteiger partial charge in [0, 0.05) is 21.1 Å². The van der Waals surface area contributed by atoms with Gasteiger partial charge in [-0.1, -0.05) is 0 Å². The Balaban J connectivity index is 2.28. The number of hydrogen-bond donors (Lipinski definition) is 2. The Morgan fingerprint density at radius 3 is 1.90 bits per heavy atom. The van der Waals surface area contributed by atoms with Gasteiger partial charge in [0.25, 0.3) is 5.91 Å². The van der Waals surface area contributed by atoms with Crippen LogP contribution in [0.5, 0.6) is 0 Å². The molecule has 0 bridgehead atoms. The lowest BCUT2D eigenvalue weighted by atomic mass is 10.1. The molecule has 2 aromatic carbocycles. The van der Waals surface area contributed by atoms with Crippen LogP contribution < -0.4 is 10.6 Å². The molecule has 1 amide bonds. The Kier molecular flexibility index (Phi) is 6.78. The van der Waals surface area contributed by atoms with Gasteiger partial charge in [-0.25, -0.2) is 0 Å². The molecular weight excluding hydrogens is 515 g/mol. The molecule has 0 unspecified atom stereocenters. The van der Waals surface area contributed by atoms with Crippen molar-refractivity contribution in [1.82, 2.24) is 0 Å². The van der Waals surface area contributed by atoms with Gasteiger partial charge >= 0.3 is 12.4 Å². The number of halogens is 7. The van der Waals surface area contributed by atoms with Crippen LogP contribution in [-0.2, 0) is 17.1 Å². The number of benzene rings is 2. The molecule has 0 aliphatic rings. The summed E-state index contributed by atoms with van der Waals surface area (Å²) < 4.78 is 78.1. The molecule has 2 N–H and O–H groups in total. The summed E-state index contributed by atoms with van der Waals surface area (Å²) in [6, 6.07) is 8.89. The molecule has 0 heterocycles. The van der Waals surface area contributed by atoms with Gasteiger partial charge in [-0.05, 0) is 65.1 Å². The first kappa shape index (κ1) is 22.5. The Morgan fingerprint density at radius 2 is 1.45 bits per heavy atom. The average molecular weight is 525 g/mol. The molecule has 0 atom stereocenters. The van der Waals surface area contributed by atoms with Gasteiger partial charge in [0.2, 0.25) is 0 Å². The van der Waals surface area contributed by atoms with Gasteiger partial charge < -0.3 is 10.6 Å². The maximum atomic E-state index is 12.9. The number of rotatable bonds is 4. The van der Waals surface area contributed by atoms with Crippen LogP contribution in [0.25, 0.3) is 0 Å². The van der Waals surface area contributed by atoms with Crippen LogP contribution in [-0.4, -0.2) is 5.91 Å². The van der Waals surface area contributed by atoms with E-state index in [9.17, 15) is 31.1 Å². The first-order valence-corrected chi connectivity index (χ1v) is 8.71. The number of carbonyl (C=O) groups excluding carboxylic acids is 1. The highest BCUT2D eigenvalue weighted by atomic mass is 127. The molecule has 0 aliphatic carbocycles. The van der Waals surface area contributed by atoms with E-state index in [1.807, 2.05) is 22.6 Å². The zero-order valence-corrected chi connectivity index (χ0v) is 16.3. The summed E-state index contributed by atoms with van der Waals surface area (Å²) in [5, 5.41) is 13.6. The second-order valence-corrected chi connectivity index (χ2v) is 6.82. The van der Waals surface area contributed by atoms with Crippen LogP contribution in [0.3, 0.4) is 0 Å². The van der Waals surface area contributed by atoms with Gasteiger partial charge in [-0.3, -0.25) is 4.79 Å². The molecule has 29 heavy (non-hydrogen) atoms. The summed E-state index contributed by atoms with van der Waals surface area (Å²) in [6.07, 6.45) is -9.29. The number of hydrogen-bond acceptors (Lipinski definition) is 3. The Labute approximate surface area is 174 Å². The third kappa shape index (κ3) is 6.38. The summed E-state index contributed by atoms with van der Waals surface area (Å²) in [6.45, 7) is 0. The Bertz CT molecular complexity index is 943. The van der Waals surface area contributed by atoms with E-state index in [1.165, 1.54) is 6.07 Å². The lowest BCUT2D eigenvalue weighted by Gasteiger charge is -2.14. The molecule has 11 heteroatoms. The van der Waals surface area contributed by atoms with Crippen LogP contribution in [0.4, 0.5) is 37.7 Å². The first-order chi connectivity index (χ1) is 13.4. The fraction of sp³-hybridized carbons (Fsp3) is 0.111. The van der Waals surface area contributed by atoms with Gasteiger partial charge in [-0.15, -0.1) is 0 Å². The minimum atomic E-state index is -5.01. The van der Waals surface area contributed by atoms with Crippen molar-refractivity contribution in [2.45, 2.75) is 12.4 Å². The maximum absolute atomic E-state index is 12.9. The van der Waals surface area contributed by atoms with Crippen molar-refractivity contribution < 1.29 is 31.1 Å². The molecule has 0 saturated carbocycles. The van der Waals surface area contributed by atoms with Crippen molar-refractivity contribution in [2.24, 2.45) is 0 Å². The summed E-state index contributed by atoms with van der Waals surface area (Å²) in [4.78, 5) is 12.1. The smallest absolute Gasteiger partial charge is 0.360 e. The largest absolute Gasteiger partial charge is 0.416 e. The molecule has 0 fully saturated rings. The fourth-order valence-corrected chi connectivity index (χ4v) is 2.43. The summed E-state index contributed by atoms with van der Waals surface area (Å²) >= 11 is 2.04. The molecule has 0 radical (unpaired) electrons. The number of nitrogens with zero attached hydrogens (tertiary/aromatic N) is 1. The van der Waals surface area contributed by atoms with Crippen LogP contribution in [0.1, 0.15) is 11.1 Å². The van der Waals surface area contributed by atoms with Crippen LogP contribution in [0, 0.1) is 14.9 Å². The van der Waals surface area contributed by atoms with E-state index >= 15 is 0 Å². The zero-order chi connectivity index (χ0) is 21.8. The normalized spacial score (nSPS) is 12.3. The van der Waals surface area contributed by atoms with Gasteiger partial charge in [-0.2, -0.15) is 31.6 Å². The summed E-state index contributed by atoms with van der Waals surface area (Å²) in [7, 11) is 0. The third-order valence-corrected chi connectivity index (χ3v) is 4.16. The molecule has 2 rings (SSSR count). The quantitative estimate of drug-likeness (QED) is 0.230. The number of anilines is 2. The van der Waals surface area contributed by atoms with E-state index in [1.54, 1.807) is 24.3 Å². The fourth-order valence-electron chi connectivity index (χ4n) is 2.07. The van der Waals surface area contributed by atoms with E-state index in [-0.39, 0.29) is 6.07 Å². The van der Waals surface area contributed by atoms with Crippen LogP contribution in [0.15, 0.2) is 54.2 Å². The molecular formula is C18H10F6IN3O. The molecule has 152 valence electrons. The molecule has 4 nitrogen and oxygen atoms in total. The van der Waals surface area contributed by atoms with Crippen molar-refractivity contribution in [3.05, 3.63) is 68.9 Å². The second kappa shape index (κ2) is 8.73. The van der Waals surface area contributed by atoms with E-state index in [4.69, 9.17) is 5.26 Å². The summed E-state index contributed by atoms with van der Waals surface area (Å²) in [5.41, 5.74) is -3.82. The van der Waals surface area contributed by atoms with Crippen LogP contribution in [0.2, 0.25) is 0 Å². The maximum Gasteiger partial charge on any atom is 0.416 e. The number of alkyl halides is 6.